The van der Waals surface area contributed by atoms with Crippen molar-refractivity contribution in [2.45, 2.75) is 418 Å². The standard InChI is InChI=1S/C75H143NO5/c1-3-5-7-9-11-13-15-17-19-20-36-40-43-47-51-55-59-63-67-73(78)72(71-77)76-74(79)68-64-60-56-52-48-44-41-37-34-32-30-28-26-24-22-21-23-25-27-29-31-33-35-38-42-46-50-54-58-62-66-70-81-75(80)69-65-61-57-53-49-45-39-18-16-14-12-10-8-6-4-2/h12,14,18,23,25,39,72-73,77-78H,3-11,13,15-17,19-22,24,26-38,40-71H2,1-2H3,(H,76,79)/b14-12-,25-23-,39-18-. The molecule has 2 atom stereocenters. The van der Waals surface area contributed by atoms with Crippen molar-refractivity contribution < 1.29 is 24.5 Å². The largest absolute Gasteiger partial charge is 0.466 e. The zero-order valence-electron chi connectivity index (χ0n) is 54.8. The normalized spacial score (nSPS) is 12.7. The molecule has 0 aliphatic rings. The van der Waals surface area contributed by atoms with E-state index >= 15 is 0 Å². The number of hydrogen-bond donors (Lipinski definition) is 3. The topological polar surface area (TPSA) is 95.9 Å². The highest BCUT2D eigenvalue weighted by atomic mass is 16.5. The predicted octanol–water partition coefficient (Wildman–Crippen LogP) is 23.9. The molecule has 0 saturated heterocycles. The number of carbonyl (C=O) groups is 2. The fourth-order valence-corrected chi connectivity index (χ4v) is 11.6. The summed E-state index contributed by atoms with van der Waals surface area (Å²) < 4.78 is 5.49. The number of rotatable bonds is 69. The van der Waals surface area contributed by atoms with Gasteiger partial charge in [0.05, 0.1) is 25.4 Å². The predicted molar refractivity (Wildman–Crippen MR) is 356 cm³/mol. The van der Waals surface area contributed by atoms with Gasteiger partial charge in [0.1, 0.15) is 0 Å². The Hall–Kier alpha value is -1.92. The minimum absolute atomic E-state index is 0.00410. The zero-order chi connectivity index (χ0) is 58.5. The number of esters is 1. The lowest BCUT2D eigenvalue weighted by Gasteiger charge is -2.22. The molecule has 0 aromatic rings. The number of nitrogens with one attached hydrogen (secondary N) is 1. The van der Waals surface area contributed by atoms with Crippen LogP contribution in [0.2, 0.25) is 0 Å². The van der Waals surface area contributed by atoms with Crippen LogP contribution in [0.3, 0.4) is 0 Å². The van der Waals surface area contributed by atoms with Gasteiger partial charge in [0.25, 0.3) is 0 Å². The number of unbranched alkanes of at least 4 members (excludes halogenated alkanes) is 52. The van der Waals surface area contributed by atoms with Crippen molar-refractivity contribution in [1.29, 1.82) is 0 Å². The highest BCUT2D eigenvalue weighted by molar-refractivity contribution is 5.76. The van der Waals surface area contributed by atoms with Crippen LogP contribution in [0.25, 0.3) is 0 Å². The van der Waals surface area contributed by atoms with Crippen LogP contribution in [0.15, 0.2) is 36.5 Å². The van der Waals surface area contributed by atoms with E-state index in [2.05, 4.69) is 55.6 Å². The van der Waals surface area contributed by atoms with Crippen molar-refractivity contribution in [3.05, 3.63) is 36.5 Å². The van der Waals surface area contributed by atoms with Crippen LogP contribution in [0.4, 0.5) is 0 Å². The molecule has 0 spiro atoms. The molecule has 2 unspecified atom stereocenters. The summed E-state index contributed by atoms with van der Waals surface area (Å²) in [5.74, 6) is -0.0251. The summed E-state index contributed by atoms with van der Waals surface area (Å²) in [7, 11) is 0. The van der Waals surface area contributed by atoms with E-state index in [9.17, 15) is 19.8 Å². The Morgan fingerprint density at radius 2 is 0.617 bits per heavy atom. The second kappa shape index (κ2) is 70.6. The molecule has 3 N–H and O–H groups in total. The van der Waals surface area contributed by atoms with Gasteiger partial charge in [-0.3, -0.25) is 9.59 Å². The third kappa shape index (κ3) is 67.1. The summed E-state index contributed by atoms with van der Waals surface area (Å²) in [6.07, 6.45) is 90.6. The Morgan fingerprint density at radius 1 is 0.346 bits per heavy atom. The summed E-state index contributed by atoms with van der Waals surface area (Å²) in [4.78, 5) is 24.6. The molecule has 0 fully saturated rings. The molecule has 1 amide bonds. The van der Waals surface area contributed by atoms with Gasteiger partial charge < -0.3 is 20.3 Å². The Balaban J connectivity index is 3.36. The highest BCUT2D eigenvalue weighted by Gasteiger charge is 2.20. The SMILES string of the molecule is CCCCC/C=C\C/C=C\CCCCCCCC(=O)OCCCCCCCCCCCCCC/C=C\CCCCCCCCCCCCCCCCCC(=O)NC(CO)C(O)CCCCCCCCCCCCCCCCCCCC. The lowest BCUT2D eigenvalue weighted by Crippen LogP contribution is -2.45. The van der Waals surface area contributed by atoms with Gasteiger partial charge in [0.15, 0.2) is 0 Å². The van der Waals surface area contributed by atoms with Gasteiger partial charge >= 0.3 is 5.97 Å². The van der Waals surface area contributed by atoms with Crippen molar-refractivity contribution in [2.75, 3.05) is 13.2 Å². The van der Waals surface area contributed by atoms with E-state index in [1.165, 1.54) is 321 Å². The molecule has 0 saturated carbocycles. The van der Waals surface area contributed by atoms with Gasteiger partial charge in [-0.1, -0.05) is 346 Å². The number of carbonyl (C=O) groups excluding carboxylic acids is 2. The maximum Gasteiger partial charge on any atom is 0.305 e. The van der Waals surface area contributed by atoms with E-state index in [4.69, 9.17) is 4.74 Å². The lowest BCUT2D eigenvalue weighted by molar-refractivity contribution is -0.143. The van der Waals surface area contributed by atoms with Crippen molar-refractivity contribution in [2.24, 2.45) is 0 Å². The number of aliphatic hydroxyl groups is 2. The molecular formula is C75H143NO5. The van der Waals surface area contributed by atoms with E-state index in [-0.39, 0.29) is 18.5 Å². The quantitative estimate of drug-likeness (QED) is 0.0320. The molecular weight excluding hydrogens is 995 g/mol. The second-order valence-electron chi connectivity index (χ2n) is 25.3. The Kier molecular flexibility index (Phi) is 68.9. The van der Waals surface area contributed by atoms with E-state index < -0.39 is 12.1 Å². The number of amides is 1. The van der Waals surface area contributed by atoms with Crippen LogP contribution in [-0.4, -0.2) is 47.4 Å². The van der Waals surface area contributed by atoms with Crippen LogP contribution < -0.4 is 5.32 Å². The van der Waals surface area contributed by atoms with Crippen molar-refractivity contribution in [1.82, 2.24) is 5.32 Å². The molecule has 478 valence electrons. The summed E-state index contributed by atoms with van der Waals surface area (Å²) in [6.45, 7) is 4.96. The smallest absolute Gasteiger partial charge is 0.305 e. The first kappa shape index (κ1) is 79.1. The maximum absolute atomic E-state index is 12.5. The monoisotopic (exact) mass is 1140 g/mol. The molecule has 0 aromatic carbocycles. The summed E-state index contributed by atoms with van der Waals surface area (Å²) in [6, 6.07) is -0.540. The summed E-state index contributed by atoms with van der Waals surface area (Å²) in [5.41, 5.74) is 0. The van der Waals surface area contributed by atoms with Crippen LogP contribution in [-0.2, 0) is 14.3 Å². The van der Waals surface area contributed by atoms with Gasteiger partial charge in [-0.05, 0) is 83.5 Å². The summed E-state index contributed by atoms with van der Waals surface area (Å²) >= 11 is 0. The maximum atomic E-state index is 12.5. The number of allylic oxidation sites excluding steroid dienone is 6. The van der Waals surface area contributed by atoms with Crippen LogP contribution in [0.1, 0.15) is 406 Å². The average Bonchev–Trinajstić information content (AvgIpc) is 3.47. The van der Waals surface area contributed by atoms with E-state index in [1.807, 2.05) is 0 Å². The van der Waals surface area contributed by atoms with Crippen molar-refractivity contribution in [3.63, 3.8) is 0 Å². The minimum atomic E-state index is -0.663. The third-order valence-electron chi connectivity index (χ3n) is 17.2. The molecule has 6 heteroatoms. The molecule has 6 nitrogen and oxygen atoms in total. The summed E-state index contributed by atoms with van der Waals surface area (Å²) in [5, 5.41) is 23.4. The van der Waals surface area contributed by atoms with Gasteiger partial charge in [-0.2, -0.15) is 0 Å². The molecule has 0 bridgehead atoms. The average molecular weight is 1140 g/mol. The van der Waals surface area contributed by atoms with Crippen LogP contribution in [0.5, 0.6) is 0 Å². The number of hydrogen-bond acceptors (Lipinski definition) is 5. The Morgan fingerprint density at radius 3 is 0.975 bits per heavy atom. The first-order valence-electron chi connectivity index (χ1n) is 36.7. The minimum Gasteiger partial charge on any atom is -0.466 e. The molecule has 0 aromatic heterocycles. The van der Waals surface area contributed by atoms with Gasteiger partial charge in [0.2, 0.25) is 5.91 Å². The van der Waals surface area contributed by atoms with Crippen molar-refractivity contribution in [3.8, 4) is 0 Å². The van der Waals surface area contributed by atoms with Crippen molar-refractivity contribution >= 4 is 11.9 Å². The van der Waals surface area contributed by atoms with E-state index in [0.29, 0.717) is 25.9 Å². The number of ether oxygens (including phenoxy) is 1. The highest BCUT2D eigenvalue weighted by Crippen LogP contribution is 2.19. The molecule has 0 rings (SSSR count). The second-order valence-corrected chi connectivity index (χ2v) is 25.3. The molecule has 0 aliphatic heterocycles. The molecule has 0 heterocycles. The van der Waals surface area contributed by atoms with Crippen LogP contribution >= 0.6 is 0 Å². The molecule has 0 aliphatic carbocycles. The van der Waals surface area contributed by atoms with E-state index in [0.717, 1.165) is 51.4 Å². The van der Waals surface area contributed by atoms with Gasteiger partial charge in [0, 0.05) is 12.8 Å². The third-order valence-corrected chi connectivity index (χ3v) is 17.2. The Bertz CT molecular complexity index is 1310. The van der Waals surface area contributed by atoms with Gasteiger partial charge in [-0.15, -0.1) is 0 Å². The molecule has 0 radical (unpaired) electrons. The fraction of sp³-hybridized carbons (Fsp3) is 0.893. The van der Waals surface area contributed by atoms with Gasteiger partial charge in [-0.25, -0.2) is 0 Å². The first-order valence-corrected chi connectivity index (χ1v) is 36.7. The zero-order valence-corrected chi connectivity index (χ0v) is 54.8. The fourth-order valence-electron chi connectivity index (χ4n) is 11.6. The first-order chi connectivity index (χ1) is 40.0. The van der Waals surface area contributed by atoms with E-state index in [1.54, 1.807) is 0 Å². The lowest BCUT2D eigenvalue weighted by atomic mass is 10.0. The number of aliphatic hydroxyl groups excluding tert-OH is 2. The molecule has 81 heavy (non-hydrogen) atoms. The Labute approximate surface area is 506 Å². The van der Waals surface area contributed by atoms with Crippen LogP contribution in [0, 0.1) is 0 Å².